The molecular weight excluding hydrogens is 1130 g/mol. The van der Waals surface area contributed by atoms with Gasteiger partial charge in [0.05, 0.1) is 26.4 Å². The SMILES string of the molecule is CCCCCC/C=C\C=C/CCCCCCCC(=O)O[C@H](COC(=O)CCCCCCCCCCC(C)CC)COP(=O)(O)OC[C@@H](O)COP(=O)(O)OC[C@@H](COC(=O)CCCCCCCCCC)OC(=O)CCCCCCCCC(C)CC. The Kier molecular flexibility index (Phi) is 56.3. The van der Waals surface area contributed by atoms with E-state index >= 15 is 0 Å². The van der Waals surface area contributed by atoms with Crippen LogP contribution in [0.25, 0.3) is 0 Å². The molecule has 0 saturated heterocycles. The number of rotatable bonds is 63. The van der Waals surface area contributed by atoms with Gasteiger partial charge in [0.2, 0.25) is 0 Å². The maximum Gasteiger partial charge on any atom is 0.472 e. The lowest BCUT2D eigenvalue weighted by Gasteiger charge is -2.21. The fourth-order valence-electron chi connectivity index (χ4n) is 9.28. The van der Waals surface area contributed by atoms with Gasteiger partial charge < -0.3 is 33.8 Å². The van der Waals surface area contributed by atoms with Crippen LogP contribution < -0.4 is 0 Å². The summed E-state index contributed by atoms with van der Waals surface area (Å²) in [6, 6.07) is 0. The van der Waals surface area contributed by atoms with E-state index in [2.05, 4.69) is 65.8 Å². The smallest absolute Gasteiger partial charge is 0.462 e. The summed E-state index contributed by atoms with van der Waals surface area (Å²) >= 11 is 0. The number of carbonyl (C=O) groups excluding carboxylic acids is 4. The lowest BCUT2D eigenvalue weighted by molar-refractivity contribution is -0.161. The van der Waals surface area contributed by atoms with Gasteiger partial charge in [-0.3, -0.25) is 37.3 Å². The Morgan fingerprint density at radius 2 is 0.659 bits per heavy atom. The van der Waals surface area contributed by atoms with E-state index in [-0.39, 0.29) is 25.7 Å². The van der Waals surface area contributed by atoms with Crippen LogP contribution in [-0.4, -0.2) is 96.7 Å². The molecule has 0 aliphatic carbocycles. The number of phosphoric acid groups is 2. The Morgan fingerprint density at radius 1 is 0.376 bits per heavy atom. The van der Waals surface area contributed by atoms with Crippen molar-refractivity contribution in [2.75, 3.05) is 39.6 Å². The van der Waals surface area contributed by atoms with Crippen LogP contribution in [0.5, 0.6) is 0 Å². The molecule has 0 radical (unpaired) electrons. The molecule has 0 aromatic carbocycles. The fourth-order valence-corrected chi connectivity index (χ4v) is 10.9. The third-order valence-electron chi connectivity index (χ3n) is 15.3. The van der Waals surface area contributed by atoms with E-state index in [1.54, 1.807) is 0 Å². The van der Waals surface area contributed by atoms with Crippen molar-refractivity contribution in [3.63, 3.8) is 0 Å². The Morgan fingerprint density at radius 3 is 1.00 bits per heavy atom. The predicted octanol–water partition coefficient (Wildman–Crippen LogP) is 18.0. The van der Waals surface area contributed by atoms with E-state index in [9.17, 15) is 43.2 Å². The van der Waals surface area contributed by atoms with E-state index in [0.29, 0.717) is 25.7 Å². The average Bonchev–Trinajstić information content (AvgIpc) is 3.63. The second-order valence-electron chi connectivity index (χ2n) is 23.7. The summed E-state index contributed by atoms with van der Waals surface area (Å²) in [6.45, 7) is 9.36. The molecule has 0 bridgehead atoms. The molecule has 17 nitrogen and oxygen atoms in total. The predicted molar refractivity (Wildman–Crippen MR) is 340 cm³/mol. The van der Waals surface area contributed by atoms with Gasteiger partial charge >= 0.3 is 39.5 Å². The molecule has 19 heteroatoms. The maximum atomic E-state index is 13.0. The number of unbranched alkanes of at least 4 members (excludes halogenated alkanes) is 28. The van der Waals surface area contributed by atoms with Gasteiger partial charge in [-0.2, -0.15) is 0 Å². The van der Waals surface area contributed by atoms with Crippen LogP contribution in [0.15, 0.2) is 24.3 Å². The zero-order valence-electron chi connectivity index (χ0n) is 54.4. The van der Waals surface area contributed by atoms with Crippen LogP contribution in [0.2, 0.25) is 0 Å². The molecule has 0 amide bonds. The molecule has 0 heterocycles. The van der Waals surface area contributed by atoms with Crippen LogP contribution in [0, 0.1) is 11.8 Å². The van der Waals surface area contributed by atoms with Crippen molar-refractivity contribution >= 4 is 39.5 Å². The highest BCUT2D eigenvalue weighted by Gasteiger charge is 2.30. The van der Waals surface area contributed by atoms with Crippen molar-refractivity contribution in [2.24, 2.45) is 11.8 Å². The fraction of sp³-hybridized carbons (Fsp3) is 0.879. The molecule has 4 unspecified atom stereocenters. The number of allylic oxidation sites excluding steroid dienone is 4. The molecule has 0 spiro atoms. The first-order valence-corrected chi connectivity index (χ1v) is 36.9. The number of phosphoric ester groups is 2. The molecule has 0 aromatic rings. The van der Waals surface area contributed by atoms with Gasteiger partial charge in [0.1, 0.15) is 19.3 Å². The van der Waals surface area contributed by atoms with E-state index in [1.807, 2.05) is 0 Å². The van der Waals surface area contributed by atoms with E-state index in [1.165, 1.54) is 103 Å². The summed E-state index contributed by atoms with van der Waals surface area (Å²) in [5.74, 6) is -0.674. The van der Waals surface area contributed by atoms with Gasteiger partial charge in [-0.1, -0.05) is 252 Å². The monoisotopic (exact) mass is 1250 g/mol. The Labute approximate surface area is 516 Å². The average molecular weight is 1250 g/mol. The van der Waals surface area contributed by atoms with Crippen LogP contribution in [-0.2, 0) is 65.4 Å². The van der Waals surface area contributed by atoms with E-state index in [0.717, 1.165) is 121 Å². The first-order chi connectivity index (χ1) is 40.9. The van der Waals surface area contributed by atoms with Crippen molar-refractivity contribution in [2.45, 2.75) is 323 Å². The molecule has 500 valence electrons. The molecule has 0 saturated carbocycles. The number of esters is 4. The molecule has 7 atom stereocenters. The third-order valence-corrected chi connectivity index (χ3v) is 17.2. The van der Waals surface area contributed by atoms with Gasteiger partial charge in [0, 0.05) is 25.7 Å². The third kappa shape index (κ3) is 57.7. The number of aliphatic hydroxyl groups excluding tert-OH is 1. The molecule has 0 aliphatic rings. The molecule has 0 rings (SSSR count). The number of ether oxygens (including phenoxy) is 4. The van der Waals surface area contributed by atoms with Crippen molar-refractivity contribution in [1.29, 1.82) is 0 Å². The minimum atomic E-state index is -4.96. The van der Waals surface area contributed by atoms with E-state index < -0.39 is 97.5 Å². The Balaban J connectivity index is 5.28. The quantitative estimate of drug-likeness (QED) is 0.0169. The number of aliphatic hydroxyl groups is 1. The lowest BCUT2D eigenvalue weighted by Crippen LogP contribution is -2.30. The summed E-state index contributed by atoms with van der Waals surface area (Å²) in [4.78, 5) is 72.2. The molecule has 0 aromatic heterocycles. The summed E-state index contributed by atoms with van der Waals surface area (Å²) in [5.41, 5.74) is 0. The standard InChI is InChI=1S/C66H124O17P2/c1-7-11-13-15-17-19-20-21-22-23-24-25-31-38-44-50-65(70)82-61(54-77-64(69)49-43-37-30-27-26-28-34-40-46-58(5)9-3)56-80-84(72,73)78-52-60(67)53-79-85(74,75)81-57-62(55-76-63(68)48-42-36-29-18-16-14-12-8-2)83-66(71)51-45-39-33-32-35-41-47-59(6)10-4/h19-22,58-62,67H,7-18,23-57H2,1-6H3,(H,72,73)(H,74,75)/b20-19-,22-21-/t58?,59?,60-,61-,62-/m1/s1. The second kappa shape index (κ2) is 57.9. The van der Waals surface area contributed by atoms with Crippen LogP contribution in [0.1, 0.15) is 305 Å². The second-order valence-corrected chi connectivity index (χ2v) is 26.6. The first kappa shape index (κ1) is 82.5. The van der Waals surface area contributed by atoms with Gasteiger partial charge in [-0.05, 0) is 63.2 Å². The first-order valence-electron chi connectivity index (χ1n) is 33.9. The Bertz CT molecular complexity index is 1760. The van der Waals surface area contributed by atoms with Gasteiger partial charge in [0.25, 0.3) is 0 Å². The highest BCUT2D eigenvalue weighted by atomic mass is 31.2. The van der Waals surface area contributed by atoms with Gasteiger partial charge in [-0.15, -0.1) is 0 Å². The van der Waals surface area contributed by atoms with Crippen LogP contribution in [0.3, 0.4) is 0 Å². The topological polar surface area (TPSA) is 237 Å². The van der Waals surface area contributed by atoms with Gasteiger partial charge in [-0.25, -0.2) is 9.13 Å². The normalized spacial score (nSPS) is 15.1. The highest BCUT2D eigenvalue weighted by Crippen LogP contribution is 2.45. The maximum absolute atomic E-state index is 13.0. The summed E-state index contributed by atoms with van der Waals surface area (Å²) < 4.78 is 68.0. The van der Waals surface area contributed by atoms with Crippen molar-refractivity contribution in [3.8, 4) is 0 Å². The minimum Gasteiger partial charge on any atom is -0.462 e. The van der Waals surface area contributed by atoms with Crippen LogP contribution >= 0.6 is 15.6 Å². The highest BCUT2D eigenvalue weighted by molar-refractivity contribution is 7.47. The largest absolute Gasteiger partial charge is 0.472 e. The van der Waals surface area contributed by atoms with Crippen molar-refractivity contribution < 1.29 is 80.2 Å². The molecular formula is C66H124O17P2. The van der Waals surface area contributed by atoms with Gasteiger partial charge in [0.15, 0.2) is 12.2 Å². The number of hydrogen-bond acceptors (Lipinski definition) is 15. The van der Waals surface area contributed by atoms with Crippen molar-refractivity contribution in [1.82, 2.24) is 0 Å². The lowest BCUT2D eigenvalue weighted by atomic mass is 9.99. The zero-order chi connectivity index (χ0) is 62.9. The summed E-state index contributed by atoms with van der Waals surface area (Å²) in [7, 11) is -9.90. The zero-order valence-corrected chi connectivity index (χ0v) is 56.2. The summed E-state index contributed by atoms with van der Waals surface area (Å²) in [6.07, 6.45) is 43.9. The molecule has 85 heavy (non-hydrogen) atoms. The van der Waals surface area contributed by atoms with E-state index in [4.69, 9.17) is 37.0 Å². The summed E-state index contributed by atoms with van der Waals surface area (Å²) in [5, 5.41) is 10.5. The van der Waals surface area contributed by atoms with Crippen molar-refractivity contribution in [3.05, 3.63) is 24.3 Å². The minimum absolute atomic E-state index is 0.0841. The number of hydrogen-bond donors (Lipinski definition) is 3. The molecule has 0 aliphatic heterocycles. The molecule has 3 N–H and O–H groups in total. The molecule has 0 fully saturated rings. The number of carbonyl (C=O) groups is 4. The Hall–Kier alpha value is -2.46. The van der Waals surface area contributed by atoms with Crippen LogP contribution in [0.4, 0.5) is 0 Å².